The highest BCUT2D eigenvalue weighted by atomic mass is 16.4. The number of carboxylic acid groups (broad SMARTS) is 2. The summed E-state index contributed by atoms with van der Waals surface area (Å²) >= 11 is 0. The quantitative estimate of drug-likeness (QED) is 0.275. The number of hydrogen-bond donors (Lipinski definition) is 2. The van der Waals surface area contributed by atoms with Gasteiger partial charge in [-0.2, -0.15) is 0 Å². The zero-order valence-corrected chi connectivity index (χ0v) is 16.7. The lowest BCUT2D eigenvalue weighted by atomic mass is 9.83. The van der Waals surface area contributed by atoms with Gasteiger partial charge in [0.05, 0.1) is 11.1 Å². The fourth-order valence-electron chi connectivity index (χ4n) is 4.87. The largest absolute Gasteiger partial charge is 0.478 e. The summed E-state index contributed by atoms with van der Waals surface area (Å²) in [6.07, 6.45) is 0.740. The number of fused-ring (bicyclic) bond motifs is 2. The highest BCUT2D eigenvalue weighted by Gasteiger charge is 2.22. The number of carboxylic acids is 2. The van der Waals surface area contributed by atoms with Crippen LogP contribution in [0.15, 0.2) is 54.6 Å². The van der Waals surface area contributed by atoms with E-state index in [1.54, 1.807) is 12.1 Å². The average Bonchev–Trinajstić information content (AvgIpc) is 2.71. The van der Waals surface area contributed by atoms with Crippen LogP contribution in [-0.2, 0) is 6.42 Å². The van der Waals surface area contributed by atoms with Crippen molar-refractivity contribution in [3.8, 4) is 0 Å². The Labute approximate surface area is 172 Å². The molecule has 4 heteroatoms. The molecule has 30 heavy (non-hydrogen) atoms. The third kappa shape index (κ3) is 2.47. The first kappa shape index (κ1) is 18.4. The van der Waals surface area contributed by atoms with E-state index in [-0.39, 0.29) is 5.56 Å². The van der Waals surface area contributed by atoms with E-state index in [2.05, 4.69) is 13.8 Å². The molecule has 0 bridgehead atoms. The van der Waals surface area contributed by atoms with E-state index in [0.717, 1.165) is 44.3 Å². The van der Waals surface area contributed by atoms with E-state index in [9.17, 15) is 19.8 Å². The van der Waals surface area contributed by atoms with Crippen molar-refractivity contribution in [3.63, 3.8) is 0 Å². The standard InChI is InChI=1S/C26H20O4/c1-13(2)11-14-12-21(26(29)30)17-7-3-5-15-18-9-10-19(25(27)28)16-6-4-8-20(23(16)18)22(14)24(15)17/h3-10,12-13H,11H2,1-2H3,(H,27,28)(H,29,30). The van der Waals surface area contributed by atoms with Crippen LogP contribution in [0.25, 0.3) is 43.1 Å². The van der Waals surface area contributed by atoms with E-state index >= 15 is 0 Å². The van der Waals surface area contributed by atoms with Crippen LogP contribution in [0.5, 0.6) is 0 Å². The summed E-state index contributed by atoms with van der Waals surface area (Å²) in [6.45, 7) is 4.23. The number of rotatable bonds is 4. The maximum Gasteiger partial charge on any atom is 0.336 e. The van der Waals surface area contributed by atoms with Gasteiger partial charge in [-0.25, -0.2) is 9.59 Å². The molecule has 5 aromatic rings. The minimum Gasteiger partial charge on any atom is -0.478 e. The molecule has 0 heterocycles. The summed E-state index contributed by atoms with van der Waals surface area (Å²) in [5.74, 6) is -1.54. The van der Waals surface area contributed by atoms with Crippen LogP contribution in [0, 0.1) is 5.92 Å². The summed E-state index contributed by atoms with van der Waals surface area (Å²) in [6, 6.07) is 16.8. The fraction of sp³-hybridized carbons (Fsp3) is 0.154. The molecule has 0 saturated heterocycles. The van der Waals surface area contributed by atoms with Crippen molar-refractivity contribution in [3.05, 3.63) is 71.3 Å². The molecular weight excluding hydrogens is 376 g/mol. The van der Waals surface area contributed by atoms with Crippen molar-refractivity contribution in [2.75, 3.05) is 0 Å². The van der Waals surface area contributed by atoms with E-state index in [0.29, 0.717) is 22.3 Å². The van der Waals surface area contributed by atoms with Crippen molar-refractivity contribution < 1.29 is 19.8 Å². The first-order valence-corrected chi connectivity index (χ1v) is 10.00. The maximum atomic E-state index is 12.1. The Bertz CT molecular complexity index is 1490. The second kappa shape index (κ2) is 6.42. The molecule has 2 N–H and O–H groups in total. The Kier molecular flexibility index (Phi) is 3.93. The van der Waals surface area contributed by atoms with Gasteiger partial charge in [0.2, 0.25) is 0 Å². The minimum absolute atomic E-state index is 0.277. The molecule has 148 valence electrons. The molecule has 5 aromatic carbocycles. The lowest BCUT2D eigenvalue weighted by Gasteiger charge is -2.20. The topological polar surface area (TPSA) is 74.6 Å². The molecule has 0 unspecified atom stereocenters. The van der Waals surface area contributed by atoms with Gasteiger partial charge in [0.15, 0.2) is 0 Å². The minimum atomic E-state index is -0.952. The van der Waals surface area contributed by atoms with Crippen molar-refractivity contribution in [2.45, 2.75) is 20.3 Å². The average molecular weight is 396 g/mol. The zero-order valence-electron chi connectivity index (χ0n) is 16.7. The third-order valence-electron chi connectivity index (χ3n) is 5.93. The Morgan fingerprint density at radius 3 is 1.90 bits per heavy atom. The second-order valence-electron chi connectivity index (χ2n) is 8.28. The zero-order chi connectivity index (χ0) is 21.2. The normalized spacial score (nSPS) is 12.0. The molecule has 0 radical (unpaired) electrons. The summed E-state index contributed by atoms with van der Waals surface area (Å²) in [4.78, 5) is 23.9. The summed E-state index contributed by atoms with van der Waals surface area (Å²) in [7, 11) is 0. The first-order valence-electron chi connectivity index (χ1n) is 10.00. The van der Waals surface area contributed by atoms with Gasteiger partial charge in [0.1, 0.15) is 0 Å². The van der Waals surface area contributed by atoms with Crippen molar-refractivity contribution in [2.24, 2.45) is 5.92 Å². The number of carbonyl (C=O) groups is 2. The molecule has 0 aromatic heterocycles. The van der Waals surface area contributed by atoms with Gasteiger partial charge >= 0.3 is 11.9 Å². The molecule has 4 nitrogen and oxygen atoms in total. The predicted octanol–water partition coefficient (Wildman–Crippen LogP) is 6.33. The van der Waals surface area contributed by atoms with E-state index in [1.165, 1.54) is 0 Å². The lowest BCUT2D eigenvalue weighted by molar-refractivity contribution is 0.0688. The van der Waals surface area contributed by atoms with Crippen LogP contribution in [0.1, 0.15) is 40.1 Å². The SMILES string of the molecule is CC(C)Cc1cc(C(=O)O)c2cccc3c4ccc(C(=O)O)c5cccc(c1c23)c54. The van der Waals surface area contributed by atoms with Crippen molar-refractivity contribution in [1.29, 1.82) is 0 Å². The molecule has 0 spiro atoms. The highest BCUT2D eigenvalue weighted by Crippen LogP contribution is 2.43. The van der Waals surface area contributed by atoms with E-state index < -0.39 is 11.9 Å². The van der Waals surface area contributed by atoms with Gasteiger partial charge in [-0.1, -0.05) is 56.3 Å². The number of aromatic carboxylic acids is 2. The predicted molar refractivity (Wildman–Crippen MR) is 120 cm³/mol. The molecule has 0 amide bonds. The van der Waals surface area contributed by atoms with E-state index in [4.69, 9.17) is 0 Å². The second-order valence-corrected chi connectivity index (χ2v) is 8.28. The molecule has 0 aliphatic rings. The van der Waals surface area contributed by atoms with Crippen LogP contribution in [0.4, 0.5) is 0 Å². The Morgan fingerprint density at radius 2 is 1.27 bits per heavy atom. The number of hydrogen-bond acceptors (Lipinski definition) is 2. The van der Waals surface area contributed by atoms with Crippen LogP contribution < -0.4 is 0 Å². The first-order chi connectivity index (χ1) is 14.4. The third-order valence-corrected chi connectivity index (χ3v) is 5.93. The fourth-order valence-corrected chi connectivity index (χ4v) is 4.87. The number of benzene rings is 5. The van der Waals surface area contributed by atoms with Gasteiger partial charge in [0, 0.05) is 0 Å². The Balaban J connectivity index is 2.13. The molecule has 0 aliphatic heterocycles. The van der Waals surface area contributed by atoms with Gasteiger partial charge < -0.3 is 10.2 Å². The molecule has 0 aliphatic carbocycles. The van der Waals surface area contributed by atoms with Crippen LogP contribution >= 0.6 is 0 Å². The van der Waals surface area contributed by atoms with Gasteiger partial charge in [-0.3, -0.25) is 0 Å². The summed E-state index contributed by atoms with van der Waals surface area (Å²) < 4.78 is 0. The van der Waals surface area contributed by atoms with Crippen LogP contribution in [-0.4, -0.2) is 22.2 Å². The van der Waals surface area contributed by atoms with Gasteiger partial charge in [-0.15, -0.1) is 0 Å². The van der Waals surface area contributed by atoms with Crippen LogP contribution in [0.2, 0.25) is 0 Å². The molecule has 0 fully saturated rings. The molecular formula is C26H20O4. The molecule has 5 rings (SSSR count). The Morgan fingerprint density at radius 1 is 0.700 bits per heavy atom. The molecule has 0 atom stereocenters. The van der Waals surface area contributed by atoms with Gasteiger partial charge in [0.25, 0.3) is 0 Å². The Hall–Kier alpha value is -3.66. The maximum absolute atomic E-state index is 12.1. The molecule has 0 saturated carbocycles. The smallest absolute Gasteiger partial charge is 0.336 e. The van der Waals surface area contributed by atoms with Gasteiger partial charge in [-0.05, 0) is 73.1 Å². The van der Waals surface area contributed by atoms with Crippen molar-refractivity contribution in [1.82, 2.24) is 0 Å². The van der Waals surface area contributed by atoms with E-state index in [1.807, 2.05) is 42.5 Å². The highest BCUT2D eigenvalue weighted by molar-refractivity contribution is 6.36. The van der Waals surface area contributed by atoms with Crippen LogP contribution in [0.3, 0.4) is 0 Å². The lowest BCUT2D eigenvalue weighted by Crippen LogP contribution is -2.04. The van der Waals surface area contributed by atoms with Crippen molar-refractivity contribution >= 4 is 55.0 Å². The summed E-state index contributed by atoms with van der Waals surface area (Å²) in [5.41, 5.74) is 1.57. The summed E-state index contributed by atoms with van der Waals surface area (Å²) in [5, 5.41) is 26.8. The monoisotopic (exact) mass is 396 g/mol.